The van der Waals surface area contributed by atoms with Gasteiger partial charge in [-0.2, -0.15) is 0 Å². The van der Waals surface area contributed by atoms with Crippen molar-refractivity contribution in [1.29, 1.82) is 0 Å². The summed E-state index contributed by atoms with van der Waals surface area (Å²) in [5.74, 6) is -2.57. The number of carboxylic acid groups (broad SMARTS) is 1. The molecule has 0 saturated heterocycles. The van der Waals surface area contributed by atoms with Gasteiger partial charge in [-0.3, -0.25) is 0 Å². The summed E-state index contributed by atoms with van der Waals surface area (Å²) in [4.78, 5) is 10.2. The first-order valence-corrected chi connectivity index (χ1v) is 7.06. The van der Waals surface area contributed by atoms with Gasteiger partial charge in [0.25, 0.3) is 0 Å². The Morgan fingerprint density at radius 3 is 2.22 bits per heavy atom. The zero-order chi connectivity index (χ0) is 17.0. The average Bonchev–Trinajstić information content (AvgIpc) is 3.27. The predicted molar refractivity (Wildman–Crippen MR) is 80.7 cm³/mol. The number of halogens is 2. The number of carbonyl (C=O) groups is 1. The van der Waals surface area contributed by atoms with E-state index in [2.05, 4.69) is 0 Å². The lowest BCUT2D eigenvalue weighted by Crippen LogP contribution is -2.09. The standard InChI is InChI=1S/C9H9F2N.C8H8O3/c10-7-2-1-5(3-8(7)11)6-4-9(6)12;9-7(8(10)11)6-4-2-1-3-5-6/h1-3,6,9H,4,12H2;1-5,7,9H,(H,10,11)/t6-,9-;/m1./s1. The van der Waals surface area contributed by atoms with Gasteiger partial charge in [0.15, 0.2) is 17.7 Å². The number of nitrogens with two attached hydrogens (primary N) is 1. The Morgan fingerprint density at radius 2 is 1.74 bits per heavy atom. The summed E-state index contributed by atoms with van der Waals surface area (Å²) in [6.45, 7) is 0. The molecular formula is C17H17F2NO3. The maximum atomic E-state index is 12.7. The number of hydrogen-bond donors (Lipinski definition) is 3. The quantitative estimate of drug-likeness (QED) is 0.811. The fourth-order valence-electron chi connectivity index (χ4n) is 2.12. The number of hydrogen-bond acceptors (Lipinski definition) is 3. The van der Waals surface area contributed by atoms with E-state index < -0.39 is 23.7 Å². The fraction of sp³-hybridized carbons (Fsp3) is 0.235. The Bertz CT molecular complexity index is 679. The summed E-state index contributed by atoms with van der Waals surface area (Å²) in [5.41, 5.74) is 6.78. The molecule has 6 heteroatoms. The van der Waals surface area contributed by atoms with E-state index in [9.17, 15) is 13.6 Å². The number of benzene rings is 2. The molecule has 0 radical (unpaired) electrons. The van der Waals surface area contributed by atoms with Crippen molar-refractivity contribution in [3.63, 3.8) is 0 Å². The van der Waals surface area contributed by atoms with Gasteiger partial charge in [-0.1, -0.05) is 36.4 Å². The number of rotatable bonds is 3. The van der Waals surface area contributed by atoms with E-state index in [1.54, 1.807) is 36.4 Å². The number of aliphatic hydroxyl groups excluding tert-OH is 1. The minimum Gasteiger partial charge on any atom is -0.479 e. The van der Waals surface area contributed by atoms with E-state index in [0.29, 0.717) is 5.56 Å². The molecule has 1 fully saturated rings. The lowest BCUT2D eigenvalue weighted by Gasteiger charge is -2.03. The highest BCUT2D eigenvalue weighted by Crippen LogP contribution is 2.39. The smallest absolute Gasteiger partial charge is 0.337 e. The maximum absolute atomic E-state index is 12.7. The van der Waals surface area contributed by atoms with Crippen LogP contribution >= 0.6 is 0 Å². The summed E-state index contributed by atoms with van der Waals surface area (Å²) in [7, 11) is 0. The van der Waals surface area contributed by atoms with Gasteiger partial charge in [0.2, 0.25) is 0 Å². The fourth-order valence-corrected chi connectivity index (χ4v) is 2.12. The molecule has 2 aromatic rings. The highest BCUT2D eigenvalue weighted by atomic mass is 19.2. The van der Waals surface area contributed by atoms with Crippen LogP contribution in [0.5, 0.6) is 0 Å². The van der Waals surface area contributed by atoms with Crippen molar-refractivity contribution in [2.75, 3.05) is 0 Å². The van der Waals surface area contributed by atoms with Crippen molar-refractivity contribution in [1.82, 2.24) is 0 Å². The normalized spacial score (nSPS) is 20.2. The molecule has 1 aliphatic carbocycles. The van der Waals surface area contributed by atoms with Crippen LogP contribution in [-0.4, -0.2) is 22.2 Å². The summed E-state index contributed by atoms with van der Waals surface area (Å²) in [6.07, 6.45) is -0.526. The Kier molecular flexibility index (Phi) is 5.41. The zero-order valence-electron chi connectivity index (χ0n) is 12.2. The third-order valence-corrected chi connectivity index (χ3v) is 3.56. The first-order valence-electron chi connectivity index (χ1n) is 7.06. The van der Waals surface area contributed by atoms with E-state index in [0.717, 1.165) is 18.1 Å². The predicted octanol–water partition coefficient (Wildman–Crippen LogP) is 2.58. The Balaban J connectivity index is 0.000000168. The Hall–Kier alpha value is -2.31. The van der Waals surface area contributed by atoms with E-state index >= 15 is 0 Å². The van der Waals surface area contributed by atoms with E-state index in [1.807, 2.05) is 0 Å². The van der Waals surface area contributed by atoms with Gasteiger partial charge >= 0.3 is 5.97 Å². The second-order valence-electron chi connectivity index (χ2n) is 5.33. The molecule has 0 bridgehead atoms. The van der Waals surface area contributed by atoms with Crippen LogP contribution in [0.15, 0.2) is 48.5 Å². The van der Waals surface area contributed by atoms with Crippen LogP contribution in [0.1, 0.15) is 29.6 Å². The molecule has 1 aliphatic rings. The highest BCUT2D eigenvalue weighted by molar-refractivity contribution is 5.73. The lowest BCUT2D eigenvalue weighted by atomic mass is 10.1. The topological polar surface area (TPSA) is 83.6 Å². The molecule has 3 rings (SSSR count). The molecule has 1 saturated carbocycles. The van der Waals surface area contributed by atoms with E-state index in [1.165, 1.54) is 6.07 Å². The van der Waals surface area contributed by atoms with Crippen LogP contribution in [0.4, 0.5) is 8.78 Å². The molecule has 1 unspecified atom stereocenters. The minimum absolute atomic E-state index is 0.134. The van der Waals surface area contributed by atoms with Crippen molar-refractivity contribution in [2.24, 2.45) is 5.73 Å². The third-order valence-electron chi connectivity index (χ3n) is 3.56. The van der Waals surface area contributed by atoms with Gasteiger partial charge < -0.3 is 15.9 Å². The highest BCUT2D eigenvalue weighted by Gasteiger charge is 2.35. The van der Waals surface area contributed by atoms with Crippen LogP contribution in [0, 0.1) is 11.6 Å². The van der Waals surface area contributed by atoms with E-state index in [-0.39, 0.29) is 12.0 Å². The number of carboxylic acids is 1. The lowest BCUT2D eigenvalue weighted by molar-refractivity contribution is -0.146. The number of aliphatic hydroxyl groups is 1. The van der Waals surface area contributed by atoms with Crippen molar-refractivity contribution >= 4 is 5.97 Å². The van der Waals surface area contributed by atoms with Gasteiger partial charge in [-0.15, -0.1) is 0 Å². The van der Waals surface area contributed by atoms with Crippen LogP contribution in [-0.2, 0) is 4.79 Å². The molecule has 0 heterocycles. The summed E-state index contributed by atoms with van der Waals surface area (Å²) in [6, 6.07) is 12.4. The van der Waals surface area contributed by atoms with Gasteiger partial charge in [0, 0.05) is 12.0 Å². The minimum atomic E-state index is -1.41. The first kappa shape index (κ1) is 17.1. The molecule has 2 aromatic carbocycles. The molecule has 0 aromatic heterocycles. The molecule has 122 valence electrons. The van der Waals surface area contributed by atoms with Crippen LogP contribution in [0.2, 0.25) is 0 Å². The second-order valence-corrected chi connectivity index (χ2v) is 5.33. The van der Waals surface area contributed by atoms with Crippen LogP contribution < -0.4 is 5.73 Å². The summed E-state index contributed by atoms with van der Waals surface area (Å²) >= 11 is 0. The molecule has 0 aliphatic heterocycles. The third kappa shape index (κ3) is 4.58. The van der Waals surface area contributed by atoms with Crippen molar-refractivity contribution in [3.8, 4) is 0 Å². The number of aliphatic carboxylic acids is 1. The van der Waals surface area contributed by atoms with Gasteiger partial charge in [-0.05, 0) is 29.7 Å². The second kappa shape index (κ2) is 7.30. The van der Waals surface area contributed by atoms with Gasteiger partial charge in [-0.25, -0.2) is 13.6 Å². The Morgan fingerprint density at radius 1 is 1.13 bits per heavy atom. The maximum Gasteiger partial charge on any atom is 0.337 e. The van der Waals surface area contributed by atoms with Crippen molar-refractivity contribution in [2.45, 2.75) is 24.5 Å². The van der Waals surface area contributed by atoms with Crippen LogP contribution in [0.3, 0.4) is 0 Å². The zero-order valence-corrected chi connectivity index (χ0v) is 12.2. The van der Waals surface area contributed by atoms with E-state index in [4.69, 9.17) is 15.9 Å². The van der Waals surface area contributed by atoms with Crippen LogP contribution in [0.25, 0.3) is 0 Å². The van der Waals surface area contributed by atoms with Gasteiger partial charge in [0.05, 0.1) is 0 Å². The monoisotopic (exact) mass is 321 g/mol. The molecule has 4 N–H and O–H groups in total. The molecule has 3 atom stereocenters. The molecule has 23 heavy (non-hydrogen) atoms. The SMILES string of the molecule is N[C@@H]1C[C@@H]1c1ccc(F)c(F)c1.O=C(O)C(O)c1ccccc1. The summed E-state index contributed by atoms with van der Waals surface area (Å²) in [5, 5.41) is 17.4. The summed E-state index contributed by atoms with van der Waals surface area (Å²) < 4.78 is 25.2. The molecular weight excluding hydrogens is 304 g/mol. The van der Waals surface area contributed by atoms with Crippen molar-refractivity contribution < 1.29 is 23.8 Å². The Labute approximate surface area is 132 Å². The van der Waals surface area contributed by atoms with Crippen molar-refractivity contribution in [3.05, 3.63) is 71.3 Å². The molecule has 0 amide bonds. The van der Waals surface area contributed by atoms with Gasteiger partial charge in [0.1, 0.15) is 0 Å². The average molecular weight is 321 g/mol. The largest absolute Gasteiger partial charge is 0.479 e. The molecule has 0 spiro atoms. The molecule has 4 nitrogen and oxygen atoms in total. The first-order chi connectivity index (χ1) is 10.9.